The average molecular weight is 199 g/mol. The fourth-order valence-corrected chi connectivity index (χ4v) is 2.45. The molecule has 0 saturated carbocycles. The molecule has 1 heteroatoms. The molecule has 1 atom stereocenters. The van der Waals surface area contributed by atoms with E-state index in [-0.39, 0.29) is 0 Å². The fourth-order valence-electron chi connectivity index (χ4n) is 2.45. The van der Waals surface area contributed by atoms with Gasteiger partial charge in [0, 0.05) is 18.1 Å². The van der Waals surface area contributed by atoms with Crippen LogP contribution in [0.4, 0.5) is 0 Å². The second-order valence-corrected chi connectivity index (χ2v) is 4.98. The lowest BCUT2D eigenvalue weighted by molar-refractivity contribution is 0.115. The van der Waals surface area contributed by atoms with Crippen LogP contribution in [0.2, 0.25) is 0 Å². The Hall–Kier alpha value is -0.0400. The van der Waals surface area contributed by atoms with E-state index in [1.54, 1.807) is 0 Å². The van der Waals surface area contributed by atoms with Gasteiger partial charge in [0.25, 0.3) is 0 Å². The first-order chi connectivity index (χ1) is 6.50. The standard InChI is InChI=1S/C13H29N/c1-7-8-9-10-13(6)14(11(2)3)12(4)5/h11-13H,7-10H2,1-6H3. The lowest BCUT2D eigenvalue weighted by Gasteiger charge is -2.36. The Morgan fingerprint density at radius 2 is 1.36 bits per heavy atom. The maximum Gasteiger partial charge on any atom is 0.00723 e. The zero-order chi connectivity index (χ0) is 11.1. The van der Waals surface area contributed by atoms with Gasteiger partial charge in [-0.1, -0.05) is 26.2 Å². The quantitative estimate of drug-likeness (QED) is 0.559. The molecule has 0 radical (unpaired) electrons. The van der Waals surface area contributed by atoms with E-state index in [2.05, 4.69) is 46.4 Å². The van der Waals surface area contributed by atoms with Crippen LogP contribution in [-0.4, -0.2) is 23.0 Å². The summed E-state index contributed by atoms with van der Waals surface area (Å²) in [5.74, 6) is 0. The summed E-state index contributed by atoms with van der Waals surface area (Å²) in [6.07, 6.45) is 5.45. The van der Waals surface area contributed by atoms with Crippen LogP contribution in [-0.2, 0) is 0 Å². The van der Waals surface area contributed by atoms with Crippen molar-refractivity contribution >= 4 is 0 Å². The smallest absolute Gasteiger partial charge is 0.00723 e. The molecule has 86 valence electrons. The van der Waals surface area contributed by atoms with Gasteiger partial charge in [0.1, 0.15) is 0 Å². The van der Waals surface area contributed by atoms with Crippen molar-refractivity contribution in [2.75, 3.05) is 0 Å². The van der Waals surface area contributed by atoms with Crippen LogP contribution in [0.25, 0.3) is 0 Å². The van der Waals surface area contributed by atoms with Gasteiger partial charge in [-0.3, -0.25) is 4.90 Å². The largest absolute Gasteiger partial charge is 0.296 e. The third-order valence-corrected chi connectivity index (χ3v) is 2.93. The van der Waals surface area contributed by atoms with Gasteiger partial charge in [0.15, 0.2) is 0 Å². The molecule has 0 aromatic rings. The number of hydrogen-bond acceptors (Lipinski definition) is 1. The van der Waals surface area contributed by atoms with Crippen molar-refractivity contribution in [3.8, 4) is 0 Å². The first-order valence-electron chi connectivity index (χ1n) is 6.28. The van der Waals surface area contributed by atoms with Crippen LogP contribution in [0.5, 0.6) is 0 Å². The summed E-state index contributed by atoms with van der Waals surface area (Å²) < 4.78 is 0. The first kappa shape index (κ1) is 14.0. The third kappa shape index (κ3) is 4.99. The molecule has 0 aliphatic heterocycles. The minimum Gasteiger partial charge on any atom is -0.296 e. The van der Waals surface area contributed by atoms with Crippen LogP contribution < -0.4 is 0 Å². The number of nitrogens with zero attached hydrogens (tertiary/aromatic N) is 1. The molecule has 0 heterocycles. The maximum absolute atomic E-state index is 2.62. The van der Waals surface area contributed by atoms with Gasteiger partial charge < -0.3 is 0 Å². The van der Waals surface area contributed by atoms with E-state index >= 15 is 0 Å². The van der Waals surface area contributed by atoms with E-state index in [1.807, 2.05) is 0 Å². The lowest BCUT2D eigenvalue weighted by atomic mass is 10.1. The SMILES string of the molecule is CCCCCC(C)N(C(C)C)C(C)C. The Morgan fingerprint density at radius 3 is 1.71 bits per heavy atom. The molecule has 0 N–H and O–H groups in total. The molecule has 0 spiro atoms. The summed E-state index contributed by atoms with van der Waals surface area (Å²) in [4.78, 5) is 2.62. The van der Waals surface area contributed by atoms with Gasteiger partial charge in [-0.2, -0.15) is 0 Å². The fraction of sp³-hybridized carbons (Fsp3) is 1.00. The Kier molecular flexibility index (Phi) is 7.26. The minimum absolute atomic E-state index is 0.673. The number of rotatable bonds is 7. The van der Waals surface area contributed by atoms with E-state index in [0.717, 1.165) is 6.04 Å². The molecule has 0 aromatic carbocycles. The average Bonchev–Trinajstić information content (AvgIpc) is 2.03. The van der Waals surface area contributed by atoms with Crippen LogP contribution in [0.1, 0.15) is 67.2 Å². The Labute approximate surface area is 90.9 Å². The van der Waals surface area contributed by atoms with Gasteiger partial charge in [-0.15, -0.1) is 0 Å². The van der Waals surface area contributed by atoms with E-state index in [4.69, 9.17) is 0 Å². The topological polar surface area (TPSA) is 3.24 Å². The third-order valence-electron chi connectivity index (χ3n) is 2.93. The summed E-state index contributed by atoms with van der Waals surface area (Å²) in [5.41, 5.74) is 0. The van der Waals surface area contributed by atoms with E-state index in [9.17, 15) is 0 Å². The maximum atomic E-state index is 2.62. The summed E-state index contributed by atoms with van der Waals surface area (Å²) in [6, 6.07) is 2.08. The predicted octanol–water partition coefficient (Wildman–Crippen LogP) is 4.07. The lowest BCUT2D eigenvalue weighted by Crippen LogP contribution is -2.43. The van der Waals surface area contributed by atoms with E-state index in [1.165, 1.54) is 25.7 Å². The van der Waals surface area contributed by atoms with Crippen molar-refractivity contribution in [3.05, 3.63) is 0 Å². The summed E-state index contributed by atoms with van der Waals surface area (Å²) in [5, 5.41) is 0. The molecule has 0 aromatic heterocycles. The van der Waals surface area contributed by atoms with E-state index in [0.29, 0.717) is 12.1 Å². The van der Waals surface area contributed by atoms with Gasteiger partial charge in [0.05, 0.1) is 0 Å². The second kappa shape index (κ2) is 7.28. The van der Waals surface area contributed by atoms with E-state index < -0.39 is 0 Å². The number of unbranched alkanes of at least 4 members (excludes halogenated alkanes) is 2. The van der Waals surface area contributed by atoms with Crippen molar-refractivity contribution in [3.63, 3.8) is 0 Å². The molecule has 14 heavy (non-hydrogen) atoms. The zero-order valence-electron chi connectivity index (χ0n) is 11.0. The van der Waals surface area contributed by atoms with Crippen molar-refractivity contribution in [1.29, 1.82) is 0 Å². The van der Waals surface area contributed by atoms with Crippen LogP contribution >= 0.6 is 0 Å². The van der Waals surface area contributed by atoms with Crippen molar-refractivity contribution in [1.82, 2.24) is 4.90 Å². The van der Waals surface area contributed by atoms with Gasteiger partial charge in [-0.25, -0.2) is 0 Å². The van der Waals surface area contributed by atoms with Gasteiger partial charge >= 0.3 is 0 Å². The second-order valence-electron chi connectivity index (χ2n) is 4.98. The molecule has 0 aliphatic carbocycles. The highest BCUT2D eigenvalue weighted by molar-refractivity contribution is 4.74. The normalized spacial score (nSPS) is 14.4. The van der Waals surface area contributed by atoms with Crippen molar-refractivity contribution < 1.29 is 0 Å². The Bertz CT molecular complexity index is 121. The Morgan fingerprint density at radius 1 is 0.857 bits per heavy atom. The van der Waals surface area contributed by atoms with Crippen LogP contribution in [0, 0.1) is 0 Å². The molecule has 0 aliphatic rings. The predicted molar refractivity (Wildman–Crippen MR) is 65.7 cm³/mol. The molecular weight excluding hydrogens is 170 g/mol. The van der Waals surface area contributed by atoms with Crippen molar-refractivity contribution in [2.45, 2.75) is 85.4 Å². The minimum atomic E-state index is 0.673. The van der Waals surface area contributed by atoms with Crippen LogP contribution in [0.15, 0.2) is 0 Å². The monoisotopic (exact) mass is 199 g/mol. The highest BCUT2D eigenvalue weighted by Crippen LogP contribution is 2.15. The molecular formula is C13H29N. The summed E-state index contributed by atoms with van der Waals surface area (Å²) in [7, 11) is 0. The Balaban J connectivity index is 3.96. The zero-order valence-corrected chi connectivity index (χ0v) is 11.0. The number of hydrogen-bond donors (Lipinski definition) is 0. The van der Waals surface area contributed by atoms with Crippen molar-refractivity contribution in [2.24, 2.45) is 0 Å². The molecule has 1 unspecified atom stereocenters. The summed E-state index contributed by atoms with van der Waals surface area (Å²) >= 11 is 0. The summed E-state index contributed by atoms with van der Waals surface area (Å²) in [6.45, 7) is 13.8. The highest BCUT2D eigenvalue weighted by Gasteiger charge is 2.19. The molecule has 1 nitrogen and oxygen atoms in total. The van der Waals surface area contributed by atoms with Gasteiger partial charge in [0.2, 0.25) is 0 Å². The van der Waals surface area contributed by atoms with Crippen LogP contribution in [0.3, 0.4) is 0 Å². The highest BCUT2D eigenvalue weighted by atomic mass is 15.2. The first-order valence-corrected chi connectivity index (χ1v) is 6.28. The molecule has 0 amide bonds. The molecule has 0 fully saturated rings. The molecule has 0 rings (SSSR count). The molecule has 0 bridgehead atoms. The molecule has 0 saturated heterocycles. The van der Waals surface area contributed by atoms with Gasteiger partial charge in [-0.05, 0) is 41.0 Å².